The van der Waals surface area contributed by atoms with E-state index in [-0.39, 0.29) is 11.5 Å². The second-order valence-electron chi connectivity index (χ2n) is 4.84. The Labute approximate surface area is 93.1 Å². The van der Waals surface area contributed by atoms with Crippen LogP contribution in [-0.2, 0) is 0 Å². The van der Waals surface area contributed by atoms with Crippen LogP contribution in [0.4, 0.5) is 0 Å². The zero-order chi connectivity index (χ0) is 10.6. The van der Waals surface area contributed by atoms with Gasteiger partial charge in [0.1, 0.15) is 0 Å². The van der Waals surface area contributed by atoms with Crippen molar-refractivity contribution in [2.75, 3.05) is 0 Å². The molecule has 2 atom stereocenters. The maximum absolute atomic E-state index is 6.06. The molecule has 0 bridgehead atoms. The number of rotatable bonds is 1. The molecule has 0 saturated heterocycles. The van der Waals surface area contributed by atoms with Gasteiger partial charge in [-0.05, 0) is 17.5 Å². The van der Waals surface area contributed by atoms with Crippen LogP contribution in [-0.4, -0.2) is 11.0 Å². The lowest BCUT2D eigenvalue weighted by atomic mass is 10.1. The monoisotopic (exact) mass is 218 g/mol. The van der Waals surface area contributed by atoms with E-state index < -0.39 is 0 Å². The van der Waals surface area contributed by atoms with E-state index in [4.69, 9.17) is 5.73 Å². The molecule has 2 N–H and O–H groups in total. The Morgan fingerprint density at radius 3 is 2.60 bits per heavy atom. The highest BCUT2D eigenvalue weighted by atomic mass is 32.1. The van der Waals surface area contributed by atoms with Crippen molar-refractivity contribution < 1.29 is 0 Å². The molecule has 1 aromatic heterocycles. The largest absolute Gasteiger partial charge is 0.327 e. The normalized spacial score (nSPS) is 28.2. The molecule has 0 amide bonds. The maximum Gasteiger partial charge on any atom is 0.0991 e. The topological polar surface area (TPSA) is 38.9 Å². The lowest BCUT2D eigenvalue weighted by Gasteiger charge is -1.96. The van der Waals surface area contributed by atoms with Gasteiger partial charge < -0.3 is 5.73 Å². The van der Waals surface area contributed by atoms with Gasteiger partial charge in [-0.25, -0.2) is 4.98 Å². The molecule has 1 aliphatic rings. The molecule has 1 saturated carbocycles. The van der Waals surface area contributed by atoms with Gasteiger partial charge in [0.05, 0.1) is 15.2 Å². The standard InChI is InChI=1S/C12H14N2S/c1-12(2)9(10(12)13)11-14-7-5-3-4-6-8(7)15-11/h3-6,9-10H,13H2,1-2H3/t9-,10+/m1/s1. The van der Waals surface area contributed by atoms with Gasteiger partial charge in [0, 0.05) is 12.0 Å². The van der Waals surface area contributed by atoms with Gasteiger partial charge in [0.25, 0.3) is 0 Å². The summed E-state index contributed by atoms with van der Waals surface area (Å²) in [6.45, 7) is 4.43. The minimum atomic E-state index is 0.230. The summed E-state index contributed by atoms with van der Waals surface area (Å²) in [7, 11) is 0. The summed E-state index contributed by atoms with van der Waals surface area (Å²) in [5.41, 5.74) is 7.40. The molecule has 3 rings (SSSR count). The summed E-state index contributed by atoms with van der Waals surface area (Å²) in [6, 6.07) is 8.55. The molecule has 0 unspecified atom stereocenters. The van der Waals surface area contributed by atoms with E-state index in [1.807, 2.05) is 6.07 Å². The van der Waals surface area contributed by atoms with Crippen LogP contribution in [0, 0.1) is 5.41 Å². The van der Waals surface area contributed by atoms with E-state index in [1.165, 1.54) is 9.71 Å². The van der Waals surface area contributed by atoms with Crippen LogP contribution in [0.1, 0.15) is 24.8 Å². The molecule has 3 heteroatoms. The highest BCUT2D eigenvalue weighted by Crippen LogP contribution is 2.58. The molecular formula is C12H14N2S. The number of nitrogens with two attached hydrogens (primary N) is 1. The van der Waals surface area contributed by atoms with E-state index in [0.717, 1.165) is 5.52 Å². The molecule has 2 nitrogen and oxygen atoms in total. The average molecular weight is 218 g/mol. The van der Waals surface area contributed by atoms with Crippen molar-refractivity contribution in [2.45, 2.75) is 25.8 Å². The summed E-state index contributed by atoms with van der Waals surface area (Å²) in [6.07, 6.45) is 0. The SMILES string of the molecule is CC1(C)[C@@H](N)[C@@H]1c1nc2ccccc2s1. The van der Waals surface area contributed by atoms with Gasteiger partial charge in [-0.2, -0.15) is 0 Å². The summed E-state index contributed by atoms with van der Waals surface area (Å²) in [5, 5.41) is 1.20. The first-order valence-corrected chi connectivity index (χ1v) is 6.03. The molecule has 0 aliphatic heterocycles. The molecule has 78 valence electrons. The smallest absolute Gasteiger partial charge is 0.0991 e. The quantitative estimate of drug-likeness (QED) is 0.799. The molecule has 1 heterocycles. The number of thiazole rings is 1. The number of hydrogen-bond donors (Lipinski definition) is 1. The van der Waals surface area contributed by atoms with E-state index >= 15 is 0 Å². The van der Waals surface area contributed by atoms with E-state index in [0.29, 0.717) is 5.92 Å². The highest BCUT2D eigenvalue weighted by molar-refractivity contribution is 7.18. The average Bonchev–Trinajstić information content (AvgIpc) is 2.61. The van der Waals surface area contributed by atoms with Gasteiger partial charge >= 0.3 is 0 Å². The Bertz CT molecular complexity index is 482. The Morgan fingerprint density at radius 2 is 2.00 bits per heavy atom. The number of hydrogen-bond acceptors (Lipinski definition) is 3. The van der Waals surface area contributed by atoms with Crippen molar-refractivity contribution in [1.82, 2.24) is 4.98 Å². The van der Waals surface area contributed by atoms with Crippen LogP contribution in [0.25, 0.3) is 10.2 Å². The van der Waals surface area contributed by atoms with Crippen LogP contribution in [0.15, 0.2) is 24.3 Å². The number of para-hydroxylation sites is 1. The number of fused-ring (bicyclic) bond motifs is 1. The minimum absolute atomic E-state index is 0.230. The fourth-order valence-corrected chi connectivity index (χ4v) is 3.48. The van der Waals surface area contributed by atoms with Crippen LogP contribution in [0.2, 0.25) is 0 Å². The molecule has 0 radical (unpaired) electrons. The van der Waals surface area contributed by atoms with Crippen molar-refractivity contribution in [1.29, 1.82) is 0 Å². The first kappa shape index (κ1) is 9.31. The highest BCUT2D eigenvalue weighted by Gasteiger charge is 2.57. The Balaban J connectivity index is 2.07. The molecule has 1 fully saturated rings. The Hall–Kier alpha value is -0.930. The van der Waals surface area contributed by atoms with Gasteiger partial charge in [0.2, 0.25) is 0 Å². The lowest BCUT2D eigenvalue weighted by Crippen LogP contribution is -2.06. The van der Waals surface area contributed by atoms with Gasteiger partial charge in [-0.3, -0.25) is 0 Å². The second-order valence-corrected chi connectivity index (χ2v) is 5.91. The Kier molecular flexibility index (Phi) is 1.74. The summed E-state index contributed by atoms with van der Waals surface area (Å²) >= 11 is 1.78. The van der Waals surface area contributed by atoms with Crippen LogP contribution < -0.4 is 5.73 Å². The second kappa shape index (κ2) is 2.80. The molecule has 15 heavy (non-hydrogen) atoms. The number of benzene rings is 1. The number of nitrogens with zero attached hydrogens (tertiary/aromatic N) is 1. The van der Waals surface area contributed by atoms with Gasteiger partial charge in [0.15, 0.2) is 0 Å². The molecular weight excluding hydrogens is 204 g/mol. The third kappa shape index (κ3) is 1.23. The Morgan fingerprint density at radius 1 is 1.33 bits per heavy atom. The molecule has 1 aromatic carbocycles. The first-order chi connectivity index (χ1) is 7.10. The van der Waals surface area contributed by atoms with E-state index in [1.54, 1.807) is 11.3 Å². The minimum Gasteiger partial charge on any atom is -0.327 e. The lowest BCUT2D eigenvalue weighted by molar-refractivity contribution is 0.598. The van der Waals surface area contributed by atoms with Gasteiger partial charge in [-0.1, -0.05) is 26.0 Å². The molecule has 0 spiro atoms. The van der Waals surface area contributed by atoms with Crippen molar-refractivity contribution in [3.63, 3.8) is 0 Å². The van der Waals surface area contributed by atoms with Crippen molar-refractivity contribution in [3.8, 4) is 0 Å². The predicted octanol–water partition coefficient (Wildman–Crippen LogP) is 2.75. The van der Waals surface area contributed by atoms with Crippen LogP contribution >= 0.6 is 11.3 Å². The van der Waals surface area contributed by atoms with Crippen LogP contribution in [0.5, 0.6) is 0 Å². The van der Waals surface area contributed by atoms with E-state index in [2.05, 4.69) is 37.0 Å². The number of aromatic nitrogens is 1. The van der Waals surface area contributed by atoms with Crippen molar-refractivity contribution >= 4 is 21.6 Å². The molecule has 2 aromatic rings. The summed E-state index contributed by atoms with van der Waals surface area (Å²) in [4.78, 5) is 4.66. The van der Waals surface area contributed by atoms with Crippen molar-refractivity contribution in [3.05, 3.63) is 29.3 Å². The zero-order valence-corrected chi connectivity index (χ0v) is 9.71. The van der Waals surface area contributed by atoms with E-state index in [9.17, 15) is 0 Å². The van der Waals surface area contributed by atoms with Gasteiger partial charge in [-0.15, -0.1) is 11.3 Å². The summed E-state index contributed by atoms with van der Waals surface area (Å²) in [5.74, 6) is 0.454. The van der Waals surface area contributed by atoms with Crippen LogP contribution in [0.3, 0.4) is 0 Å². The summed E-state index contributed by atoms with van der Waals surface area (Å²) < 4.78 is 1.27. The fraction of sp³-hybridized carbons (Fsp3) is 0.417. The molecule has 1 aliphatic carbocycles. The zero-order valence-electron chi connectivity index (χ0n) is 8.90. The fourth-order valence-electron chi connectivity index (χ4n) is 2.17. The maximum atomic E-state index is 6.06. The third-order valence-electron chi connectivity index (χ3n) is 3.49. The van der Waals surface area contributed by atoms with Crippen molar-refractivity contribution in [2.24, 2.45) is 11.1 Å². The first-order valence-electron chi connectivity index (χ1n) is 5.22. The predicted molar refractivity (Wildman–Crippen MR) is 64.1 cm³/mol. The third-order valence-corrected chi connectivity index (χ3v) is 4.61.